The minimum atomic E-state index is -0.445. The Morgan fingerprint density at radius 1 is 1.53 bits per heavy atom. The van der Waals surface area contributed by atoms with E-state index in [4.69, 9.17) is 0 Å². The van der Waals surface area contributed by atoms with Gasteiger partial charge >= 0.3 is 0 Å². The fourth-order valence-corrected chi connectivity index (χ4v) is 2.90. The molecule has 5 heteroatoms. The summed E-state index contributed by atoms with van der Waals surface area (Å²) in [5.41, 5.74) is 2.19. The number of hydrogen-bond acceptors (Lipinski definition) is 4. The van der Waals surface area contributed by atoms with Gasteiger partial charge in [-0.05, 0) is 12.3 Å². The summed E-state index contributed by atoms with van der Waals surface area (Å²) in [6.45, 7) is 10.3. The van der Waals surface area contributed by atoms with Crippen LogP contribution in [-0.4, -0.2) is 28.6 Å². The molecule has 1 heterocycles. The van der Waals surface area contributed by atoms with E-state index in [1.807, 2.05) is 34.6 Å². The third kappa shape index (κ3) is 4.01. The maximum absolute atomic E-state index is 12.1. The van der Waals surface area contributed by atoms with Crippen LogP contribution in [0, 0.1) is 11.3 Å². The van der Waals surface area contributed by atoms with Crippen molar-refractivity contribution >= 4 is 17.2 Å². The van der Waals surface area contributed by atoms with Crippen molar-refractivity contribution in [2.75, 3.05) is 6.54 Å². The first-order valence-electron chi connectivity index (χ1n) is 6.68. The summed E-state index contributed by atoms with van der Waals surface area (Å²) in [6.07, 6.45) is 0.310. The molecule has 19 heavy (non-hydrogen) atoms. The van der Waals surface area contributed by atoms with Gasteiger partial charge in [0.15, 0.2) is 0 Å². The Balaban J connectivity index is 2.64. The van der Waals surface area contributed by atoms with Crippen LogP contribution in [0.5, 0.6) is 0 Å². The molecule has 1 aromatic rings. The van der Waals surface area contributed by atoms with Gasteiger partial charge in [-0.1, -0.05) is 34.6 Å². The van der Waals surface area contributed by atoms with E-state index in [1.54, 1.807) is 5.51 Å². The largest absolute Gasteiger partial charge is 0.392 e. The van der Waals surface area contributed by atoms with E-state index in [2.05, 4.69) is 10.3 Å². The maximum Gasteiger partial charge on any atom is 0.263 e. The molecule has 0 aliphatic heterocycles. The van der Waals surface area contributed by atoms with E-state index in [0.717, 1.165) is 12.1 Å². The highest BCUT2D eigenvalue weighted by molar-refractivity contribution is 7.11. The SMILES string of the molecule is CCc1ncsc1C(=O)NCC(C)(C)C(O)C(C)C. The van der Waals surface area contributed by atoms with Crippen LogP contribution in [0.2, 0.25) is 0 Å². The molecule has 1 atom stereocenters. The number of aryl methyl sites for hydroxylation is 1. The summed E-state index contributed by atoms with van der Waals surface area (Å²) < 4.78 is 0. The summed E-state index contributed by atoms with van der Waals surface area (Å²) in [5, 5.41) is 13.0. The highest BCUT2D eigenvalue weighted by atomic mass is 32.1. The highest BCUT2D eigenvalue weighted by Crippen LogP contribution is 2.25. The van der Waals surface area contributed by atoms with Crippen molar-refractivity contribution in [3.8, 4) is 0 Å². The number of hydrogen-bond donors (Lipinski definition) is 2. The second kappa shape index (κ2) is 6.48. The normalized spacial score (nSPS) is 13.6. The van der Waals surface area contributed by atoms with Crippen LogP contribution in [0.25, 0.3) is 0 Å². The van der Waals surface area contributed by atoms with Gasteiger partial charge in [-0.15, -0.1) is 11.3 Å². The number of nitrogens with zero attached hydrogens (tertiary/aromatic N) is 1. The molecule has 0 aromatic carbocycles. The summed E-state index contributed by atoms with van der Waals surface area (Å²) in [7, 11) is 0. The van der Waals surface area contributed by atoms with E-state index in [9.17, 15) is 9.90 Å². The molecule has 0 spiro atoms. The highest BCUT2D eigenvalue weighted by Gasteiger charge is 2.30. The Morgan fingerprint density at radius 2 is 2.16 bits per heavy atom. The van der Waals surface area contributed by atoms with E-state index < -0.39 is 6.10 Å². The molecule has 1 rings (SSSR count). The Bertz CT molecular complexity index is 427. The number of rotatable bonds is 6. The molecule has 0 aliphatic carbocycles. The van der Waals surface area contributed by atoms with Crippen molar-refractivity contribution in [2.24, 2.45) is 11.3 Å². The standard InChI is InChI=1S/C14H24N2O2S/c1-6-10-11(19-8-16-10)13(18)15-7-14(4,5)12(17)9(2)3/h8-9,12,17H,6-7H2,1-5H3,(H,15,18). The van der Waals surface area contributed by atoms with Crippen molar-refractivity contribution in [3.63, 3.8) is 0 Å². The number of aromatic nitrogens is 1. The second-order valence-electron chi connectivity index (χ2n) is 5.84. The number of aliphatic hydroxyl groups is 1. The number of amides is 1. The fraction of sp³-hybridized carbons (Fsp3) is 0.714. The first kappa shape index (κ1) is 16.1. The van der Waals surface area contributed by atoms with E-state index >= 15 is 0 Å². The first-order chi connectivity index (χ1) is 8.79. The van der Waals surface area contributed by atoms with E-state index in [-0.39, 0.29) is 17.2 Å². The van der Waals surface area contributed by atoms with Crippen LogP contribution >= 0.6 is 11.3 Å². The van der Waals surface area contributed by atoms with Crippen LogP contribution in [0.4, 0.5) is 0 Å². The van der Waals surface area contributed by atoms with Crippen LogP contribution < -0.4 is 5.32 Å². The number of aliphatic hydroxyl groups excluding tert-OH is 1. The molecule has 0 radical (unpaired) electrons. The monoisotopic (exact) mass is 284 g/mol. The van der Waals surface area contributed by atoms with Gasteiger partial charge in [0.2, 0.25) is 0 Å². The Labute approximate surface area is 119 Å². The van der Waals surface area contributed by atoms with Crippen LogP contribution in [0.15, 0.2) is 5.51 Å². The van der Waals surface area contributed by atoms with Gasteiger partial charge in [-0.3, -0.25) is 4.79 Å². The smallest absolute Gasteiger partial charge is 0.263 e. The molecule has 0 bridgehead atoms. The molecular weight excluding hydrogens is 260 g/mol. The number of nitrogens with one attached hydrogen (secondary N) is 1. The Morgan fingerprint density at radius 3 is 2.68 bits per heavy atom. The van der Waals surface area contributed by atoms with Gasteiger partial charge in [0.05, 0.1) is 17.3 Å². The predicted octanol–water partition coefficient (Wildman–Crippen LogP) is 2.48. The van der Waals surface area contributed by atoms with Gasteiger partial charge in [-0.25, -0.2) is 4.98 Å². The van der Waals surface area contributed by atoms with Crippen molar-refractivity contribution in [2.45, 2.75) is 47.1 Å². The third-order valence-corrected chi connectivity index (χ3v) is 4.19. The van der Waals surface area contributed by atoms with Crippen LogP contribution in [0.1, 0.15) is 50.0 Å². The van der Waals surface area contributed by atoms with Gasteiger partial charge in [0, 0.05) is 12.0 Å². The van der Waals surface area contributed by atoms with Crippen molar-refractivity contribution < 1.29 is 9.90 Å². The zero-order valence-electron chi connectivity index (χ0n) is 12.4. The lowest BCUT2D eigenvalue weighted by Crippen LogP contribution is -2.43. The molecule has 1 amide bonds. The fourth-order valence-electron chi connectivity index (χ4n) is 2.10. The lowest BCUT2D eigenvalue weighted by molar-refractivity contribution is 0.0138. The minimum Gasteiger partial charge on any atom is -0.392 e. The molecule has 4 nitrogen and oxygen atoms in total. The Hall–Kier alpha value is -0.940. The van der Waals surface area contributed by atoms with Crippen molar-refractivity contribution in [3.05, 3.63) is 16.1 Å². The summed E-state index contributed by atoms with van der Waals surface area (Å²) in [4.78, 5) is 17.0. The van der Waals surface area contributed by atoms with Crippen LogP contribution in [0.3, 0.4) is 0 Å². The summed E-state index contributed by atoms with van der Waals surface area (Å²) in [5.74, 6) is 0.0740. The summed E-state index contributed by atoms with van der Waals surface area (Å²) in [6, 6.07) is 0. The average Bonchev–Trinajstić information content (AvgIpc) is 2.83. The van der Waals surface area contributed by atoms with E-state index in [1.165, 1.54) is 11.3 Å². The van der Waals surface area contributed by atoms with Crippen molar-refractivity contribution in [1.82, 2.24) is 10.3 Å². The maximum atomic E-state index is 12.1. The third-order valence-electron chi connectivity index (χ3n) is 3.32. The van der Waals surface area contributed by atoms with Gasteiger partial charge in [0.1, 0.15) is 4.88 Å². The first-order valence-corrected chi connectivity index (χ1v) is 7.56. The molecule has 1 aromatic heterocycles. The lowest BCUT2D eigenvalue weighted by atomic mass is 9.80. The molecule has 0 saturated carbocycles. The topological polar surface area (TPSA) is 62.2 Å². The van der Waals surface area contributed by atoms with Gasteiger partial charge in [-0.2, -0.15) is 0 Å². The number of thiazole rings is 1. The Kier molecular flexibility index (Phi) is 5.50. The molecule has 2 N–H and O–H groups in total. The molecule has 1 unspecified atom stereocenters. The zero-order chi connectivity index (χ0) is 14.6. The molecule has 0 fully saturated rings. The summed E-state index contributed by atoms with van der Waals surface area (Å²) >= 11 is 1.36. The molecule has 0 aliphatic rings. The molecule has 108 valence electrons. The average molecular weight is 284 g/mol. The lowest BCUT2D eigenvalue weighted by Gasteiger charge is -2.33. The van der Waals surface area contributed by atoms with Gasteiger partial charge in [0.25, 0.3) is 5.91 Å². The van der Waals surface area contributed by atoms with Crippen LogP contribution in [-0.2, 0) is 6.42 Å². The number of carbonyl (C=O) groups is 1. The van der Waals surface area contributed by atoms with Crippen molar-refractivity contribution in [1.29, 1.82) is 0 Å². The molecular formula is C14H24N2O2S. The quantitative estimate of drug-likeness (QED) is 0.843. The van der Waals surface area contributed by atoms with E-state index in [0.29, 0.717) is 11.4 Å². The van der Waals surface area contributed by atoms with Gasteiger partial charge < -0.3 is 10.4 Å². The molecule has 0 saturated heterocycles. The number of carbonyl (C=O) groups excluding carboxylic acids is 1. The minimum absolute atomic E-state index is 0.0941. The predicted molar refractivity (Wildman–Crippen MR) is 78.5 cm³/mol. The second-order valence-corrected chi connectivity index (χ2v) is 6.70. The zero-order valence-corrected chi connectivity index (χ0v) is 13.2.